The van der Waals surface area contributed by atoms with Gasteiger partial charge in [-0.25, -0.2) is 0 Å². The maximum absolute atomic E-state index is 10.9. The number of nitrogens with one attached hydrogen (secondary N) is 1. The van der Waals surface area contributed by atoms with E-state index in [2.05, 4.69) is 5.32 Å². The summed E-state index contributed by atoms with van der Waals surface area (Å²) in [6.45, 7) is 3.43. The van der Waals surface area contributed by atoms with Crippen LogP contribution < -0.4 is 5.32 Å². The van der Waals surface area contributed by atoms with E-state index in [1.165, 1.54) is 4.90 Å². The molecule has 0 atom stereocenters. The van der Waals surface area contributed by atoms with Crippen molar-refractivity contribution in [3.63, 3.8) is 0 Å². The molecule has 0 saturated heterocycles. The Labute approximate surface area is 94.8 Å². The number of para-hydroxylation sites is 1. The van der Waals surface area contributed by atoms with E-state index in [-0.39, 0.29) is 5.78 Å². The lowest BCUT2D eigenvalue weighted by atomic mass is 10.3. The molecule has 0 heterocycles. The van der Waals surface area contributed by atoms with Gasteiger partial charge in [-0.15, -0.1) is 11.8 Å². The molecule has 1 aromatic carbocycles. The summed E-state index contributed by atoms with van der Waals surface area (Å²) in [6, 6.07) is 8.03. The van der Waals surface area contributed by atoms with Crippen LogP contribution >= 0.6 is 11.8 Å². The SMILES string of the molecule is CSc1ccccc1N/C(C)=C/C(C)=O. The normalized spacial score (nSPS) is 11.3. The number of rotatable bonds is 4. The third kappa shape index (κ3) is 3.80. The maximum Gasteiger partial charge on any atom is 0.154 e. The molecule has 1 rings (SSSR count). The van der Waals surface area contributed by atoms with Crippen molar-refractivity contribution < 1.29 is 4.79 Å². The van der Waals surface area contributed by atoms with Crippen molar-refractivity contribution in [3.05, 3.63) is 36.0 Å². The van der Waals surface area contributed by atoms with Gasteiger partial charge >= 0.3 is 0 Å². The summed E-state index contributed by atoms with van der Waals surface area (Å²) in [5.41, 5.74) is 1.91. The molecule has 0 aliphatic carbocycles. The highest BCUT2D eigenvalue weighted by Gasteiger charge is 2.00. The maximum atomic E-state index is 10.9. The van der Waals surface area contributed by atoms with Gasteiger partial charge in [0, 0.05) is 10.6 Å². The third-order valence-electron chi connectivity index (χ3n) is 1.86. The summed E-state index contributed by atoms with van der Waals surface area (Å²) in [5.74, 6) is 0.0571. The highest BCUT2D eigenvalue weighted by atomic mass is 32.2. The van der Waals surface area contributed by atoms with Gasteiger partial charge in [0.2, 0.25) is 0 Å². The van der Waals surface area contributed by atoms with Crippen molar-refractivity contribution in [2.24, 2.45) is 0 Å². The predicted molar refractivity (Wildman–Crippen MR) is 66.3 cm³/mol. The molecule has 0 unspecified atom stereocenters. The van der Waals surface area contributed by atoms with Gasteiger partial charge in [-0.05, 0) is 38.3 Å². The van der Waals surface area contributed by atoms with Crippen LogP contribution in [0.3, 0.4) is 0 Å². The van der Waals surface area contributed by atoms with Crippen LogP contribution in [0, 0.1) is 0 Å². The van der Waals surface area contributed by atoms with Crippen LogP contribution in [-0.4, -0.2) is 12.0 Å². The van der Waals surface area contributed by atoms with Crippen molar-refractivity contribution in [3.8, 4) is 0 Å². The fraction of sp³-hybridized carbons (Fsp3) is 0.250. The summed E-state index contributed by atoms with van der Waals surface area (Å²) in [7, 11) is 0. The lowest BCUT2D eigenvalue weighted by Gasteiger charge is -2.09. The highest BCUT2D eigenvalue weighted by Crippen LogP contribution is 2.25. The number of carbonyl (C=O) groups is 1. The molecule has 0 radical (unpaired) electrons. The van der Waals surface area contributed by atoms with E-state index >= 15 is 0 Å². The third-order valence-corrected chi connectivity index (χ3v) is 2.65. The van der Waals surface area contributed by atoms with Crippen LogP contribution in [0.25, 0.3) is 0 Å². The number of carbonyl (C=O) groups excluding carboxylic acids is 1. The lowest BCUT2D eigenvalue weighted by molar-refractivity contribution is -0.112. The van der Waals surface area contributed by atoms with E-state index in [0.717, 1.165) is 11.4 Å². The molecule has 1 N–H and O–H groups in total. The molecule has 2 nitrogen and oxygen atoms in total. The van der Waals surface area contributed by atoms with Crippen LogP contribution in [0.2, 0.25) is 0 Å². The van der Waals surface area contributed by atoms with E-state index < -0.39 is 0 Å². The minimum absolute atomic E-state index is 0.0571. The number of ketones is 1. The Hall–Kier alpha value is -1.22. The number of hydrogen-bond acceptors (Lipinski definition) is 3. The van der Waals surface area contributed by atoms with Crippen molar-refractivity contribution in [1.29, 1.82) is 0 Å². The minimum atomic E-state index is 0.0571. The highest BCUT2D eigenvalue weighted by molar-refractivity contribution is 7.98. The summed E-state index contributed by atoms with van der Waals surface area (Å²) in [5, 5.41) is 3.21. The number of hydrogen-bond donors (Lipinski definition) is 1. The Kier molecular flexibility index (Phi) is 4.43. The quantitative estimate of drug-likeness (QED) is 0.624. The van der Waals surface area contributed by atoms with Crippen LogP contribution in [0.1, 0.15) is 13.8 Å². The second kappa shape index (κ2) is 5.61. The standard InChI is InChI=1S/C12H15NOS/c1-9(8-10(2)14)13-11-6-4-5-7-12(11)15-3/h4-8,13H,1-3H3/b9-8+. The van der Waals surface area contributed by atoms with Crippen molar-refractivity contribution in [2.75, 3.05) is 11.6 Å². The molecule has 15 heavy (non-hydrogen) atoms. The van der Waals surface area contributed by atoms with Crippen molar-refractivity contribution in [1.82, 2.24) is 0 Å². The first-order valence-corrected chi connectivity index (χ1v) is 5.95. The largest absolute Gasteiger partial charge is 0.358 e. The average molecular weight is 221 g/mol. The smallest absolute Gasteiger partial charge is 0.154 e. The van der Waals surface area contributed by atoms with Gasteiger partial charge in [0.1, 0.15) is 0 Å². The Bertz CT molecular complexity index is 385. The van der Waals surface area contributed by atoms with Gasteiger partial charge in [-0.1, -0.05) is 12.1 Å². The van der Waals surface area contributed by atoms with Crippen molar-refractivity contribution >= 4 is 23.2 Å². The number of benzene rings is 1. The zero-order chi connectivity index (χ0) is 11.3. The molecule has 3 heteroatoms. The number of anilines is 1. The molecule has 80 valence electrons. The zero-order valence-corrected chi connectivity index (χ0v) is 10.0. The lowest BCUT2D eigenvalue weighted by Crippen LogP contribution is -1.99. The van der Waals surface area contributed by atoms with E-state index in [1.54, 1.807) is 24.8 Å². The van der Waals surface area contributed by atoms with E-state index in [0.29, 0.717) is 0 Å². The molecule has 0 aliphatic rings. The number of allylic oxidation sites excluding steroid dienone is 2. The molecule has 0 bridgehead atoms. The second-order valence-corrected chi connectivity index (χ2v) is 4.11. The van der Waals surface area contributed by atoms with Crippen molar-refractivity contribution in [2.45, 2.75) is 18.7 Å². The first kappa shape index (κ1) is 11.9. The summed E-state index contributed by atoms with van der Waals surface area (Å²) in [4.78, 5) is 12.1. The van der Waals surface area contributed by atoms with Gasteiger partial charge in [-0.2, -0.15) is 0 Å². The fourth-order valence-corrected chi connectivity index (χ4v) is 1.85. The predicted octanol–water partition coefficient (Wildman–Crippen LogP) is 3.31. The Balaban J connectivity index is 2.84. The molecule has 0 saturated carbocycles. The molecule has 0 spiro atoms. The van der Waals surface area contributed by atoms with Gasteiger partial charge < -0.3 is 5.32 Å². The van der Waals surface area contributed by atoms with Crippen LogP contribution in [0.5, 0.6) is 0 Å². The fourth-order valence-electron chi connectivity index (χ4n) is 1.30. The second-order valence-electron chi connectivity index (χ2n) is 3.26. The molecular formula is C12H15NOS. The minimum Gasteiger partial charge on any atom is -0.358 e. The zero-order valence-electron chi connectivity index (χ0n) is 9.20. The summed E-state index contributed by atoms with van der Waals surface area (Å²) < 4.78 is 0. The van der Waals surface area contributed by atoms with Crippen LogP contribution in [0.4, 0.5) is 5.69 Å². The van der Waals surface area contributed by atoms with Gasteiger partial charge in [0.05, 0.1) is 5.69 Å². The van der Waals surface area contributed by atoms with Gasteiger partial charge in [-0.3, -0.25) is 4.79 Å². The topological polar surface area (TPSA) is 29.1 Å². The Morgan fingerprint density at radius 2 is 2.00 bits per heavy atom. The molecule has 0 aliphatic heterocycles. The van der Waals surface area contributed by atoms with Crippen LogP contribution in [0.15, 0.2) is 40.9 Å². The van der Waals surface area contributed by atoms with E-state index in [4.69, 9.17) is 0 Å². The summed E-state index contributed by atoms with van der Waals surface area (Å²) in [6.07, 6.45) is 3.63. The average Bonchev–Trinajstić information content (AvgIpc) is 2.17. The van der Waals surface area contributed by atoms with E-state index in [9.17, 15) is 4.79 Å². The Morgan fingerprint density at radius 3 is 2.60 bits per heavy atom. The summed E-state index contributed by atoms with van der Waals surface area (Å²) >= 11 is 1.68. The molecule has 0 aromatic heterocycles. The molecule has 0 fully saturated rings. The number of thioether (sulfide) groups is 1. The van der Waals surface area contributed by atoms with E-state index in [1.807, 2.05) is 37.4 Å². The first-order valence-electron chi connectivity index (χ1n) is 4.72. The molecule has 0 amide bonds. The van der Waals surface area contributed by atoms with Gasteiger partial charge in [0.15, 0.2) is 5.78 Å². The van der Waals surface area contributed by atoms with Crippen LogP contribution in [-0.2, 0) is 4.79 Å². The monoisotopic (exact) mass is 221 g/mol. The first-order chi connectivity index (χ1) is 7.13. The Morgan fingerprint density at radius 1 is 1.33 bits per heavy atom. The molecular weight excluding hydrogens is 206 g/mol. The molecule has 1 aromatic rings. The van der Waals surface area contributed by atoms with Gasteiger partial charge in [0.25, 0.3) is 0 Å².